The topological polar surface area (TPSA) is 66.4 Å². The molecule has 0 amide bonds. The number of hydrogen-bond donors (Lipinski definition) is 2. The van der Waals surface area contributed by atoms with Crippen LogP contribution in [0.5, 0.6) is 5.75 Å². The van der Waals surface area contributed by atoms with Crippen LogP contribution in [-0.2, 0) is 10.0 Å². The van der Waals surface area contributed by atoms with Gasteiger partial charge in [-0.25, -0.2) is 8.42 Å². The van der Waals surface area contributed by atoms with E-state index >= 15 is 0 Å². The molecule has 0 aliphatic heterocycles. The van der Waals surface area contributed by atoms with Gasteiger partial charge in [0.15, 0.2) is 0 Å². The van der Waals surface area contributed by atoms with Crippen LogP contribution >= 0.6 is 15.9 Å². The average molecular weight is 342 g/mol. The Balaban J connectivity index is 2.37. The molecule has 0 aliphatic carbocycles. The molecule has 0 unspecified atom stereocenters. The molecule has 2 rings (SSSR count). The number of anilines is 1. The van der Waals surface area contributed by atoms with Gasteiger partial charge in [0.1, 0.15) is 10.6 Å². The lowest BCUT2D eigenvalue weighted by atomic mass is 10.2. The van der Waals surface area contributed by atoms with E-state index in [9.17, 15) is 13.5 Å². The van der Waals surface area contributed by atoms with Crippen LogP contribution in [0, 0.1) is 6.92 Å². The largest absolute Gasteiger partial charge is 0.507 e. The van der Waals surface area contributed by atoms with Crippen molar-refractivity contribution in [3.8, 4) is 5.75 Å². The number of nitrogens with one attached hydrogen (secondary N) is 1. The van der Waals surface area contributed by atoms with Crippen molar-refractivity contribution in [3.63, 3.8) is 0 Å². The second kappa shape index (κ2) is 5.22. The first-order valence-electron chi connectivity index (χ1n) is 5.47. The molecule has 19 heavy (non-hydrogen) atoms. The second-order valence-electron chi connectivity index (χ2n) is 4.04. The Morgan fingerprint density at radius 2 is 1.84 bits per heavy atom. The van der Waals surface area contributed by atoms with Crippen LogP contribution in [0.25, 0.3) is 0 Å². The van der Waals surface area contributed by atoms with Gasteiger partial charge in [0.25, 0.3) is 10.0 Å². The van der Waals surface area contributed by atoms with E-state index in [1.54, 1.807) is 30.3 Å². The highest BCUT2D eigenvalue weighted by Gasteiger charge is 2.18. The fourth-order valence-corrected chi connectivity index (χ4v) is 3.00. The number of aromatic hydroxyl groups is 1. The van der Waals surface area contributed by atoms with Crippen LogP contribution in [0.3, 0.4) is 0 Å². The molecule has 0 aromatic heterocycles. The summed E-state index contributed by atoms with van der Waals surface area (Å²) < 4.78 is 27.6. The Kier molecular flexibility index (Phi) is 3.82. The lowest BCUT2D eigenvalue weighted by Crippen LogP contribution is -2.13. The zero-order valence-corrected chi connectivity index (χ0v) is 12.5. The molecule has 6 heteroatoms. The third kappa shape index (κ3) is 3.08. The zero-order valence-electron chi connectivity index (χ0n) is 10.1. The molecule has 0 atom stereocenters. The molecule has 2 aromatic rings. The van der Waals surface area contributed by atoms with E-state index in [0.29, 0.717) is 5.69 Å². The molecular formula is C13H12BrNO3S. The van der Waals surface area contributed by atoms with E-state index < -0.39 is 10.0 Å². The predicted octanol–water partition coefficient (Wildman–Crippen LogP) is 3.26. The number of benzene rings is 2. The minimum atomic E-state index is -3.79. The summed E-state index contributed by atoms with van der Waals surface area (Å²) in [6.45, 7) is 1.86. The first-order valence-corrected chi connectivity index (χ1v) is 7.75. The van der Waals surface area contributed by atoms with Crippen LogP contribution in [0.1, 0.15) is 5.56 Å². The van der Waals surface area contributed by atoms with Crippen molar-refractivity contribution >= 4 is 31.6 Å². The summed E-state index contributed by atoms with van der Waals surface area (Å²) in [5, 5.41) is 9.60. The summed E-state index contributed by atoms with van der Waals surface area (Å²) in [5.41, 5.74) is 1.36. The fraction of sp³-hybridized carbons (Fsp3) is 0.0769. The molecule has 2 N–H and O–H groups in total. The number of para-hydroxylation sites is 1. The molecule has 0 saturated heterocycles. The molecule has 0 fully saturated rings. The van der Waals surface area contributed by atoms with Crippen molar-refractivity contribution in [3.05, 3.63) is 52.5 Å². The van der Waals surface area contributed by atoms with Gasteiger partial charge in [-0.15, -0.1) is 0 Å². The standard InChI is InChI=1S/C13H12BrNO3S/c1-9-8-10(6-7-11(9)14)15-19(17,18)13-5-3-2-4-12(13)16/h2-8,15-16H,1H3. The maximum Gasteiger partial charge on any atom is 0.265 e. The molecule has 0 radical (unpaired) electrons. The Labute approximate surface area is 120 Å². The summed E-state index contributed by atoms with van der Waals surface area (Å²) in [6, 6.07) is 10.9. The summed E-state index contributed by atoms with van der Waals surface area (Å²) in [7, 11) is -3.79. The number of rotatable bonds is 3. The van der Waals surface area contributed by atoms with Crippen LogP contribution in [0.2, 0.25) is 0 Å². The van der Waals surface area contributed by atoms with Crippen molar-refractivity contribution in [2.45, 2.75) is 11.8 Å². The highest BCUT2D eigenvalue weighted by atomic mass is 79.9. The van der Waals surface area contributed by atoms with Gasteiger partial charge >= 0.3 is 0 Å². The number of phenols is 1. The SMILES string of the molecule is Cc1cc(NS(=O)(=O)c2ccccc2O)ccc1Br. The first-order chi connectivity index (χ1) is 8.90. The highest BCUT2D eigenvalue weighted by molar-refractivity contribution is 9.10. The summed E-state index contributed by atoms with van der Waals surface area (Å²) in [6.07, 6.45) is 0. The third-order valence-electron chi connectivity index (χ3n) is 2.56. The number of hydrogen-bond acceptors (Lipinski definition) is 3. The van der Waals surface area contributed by atoms with E-state index in [0.717, 1.165) is 10.0 Å². The molecule has 100 valence electrons. The van der Waals surface area contributed by atoms with Crippen molar-refractivity contribution in [2.24, 2.45) is 0 Å². The van der Waals surface area contributed by atoms with Crippen LogP contribution in [0.15, 0.2) is 51.8 Å². The average Bonchev–Trinajstić information content (AvgIpc) is 2.34. The van der Waals surface area contributed by atoms with Crippen LogP contribution in [-0.4, -0.2) is 13.5 Å². The Morgan fingerprint density at radius 1 is 1.16 bits per heavy atom. The lowest BCUT2D eigenvalue weighted by Gasteiger charge is -2.10. The van der Waals surface area contributed by atoms with Gasteiger partial charge in [-0.1, -0.05) is 28.1 Å². The third-order valence-corrected chi connectivity index (χ3v) is 4.88. The molecule has 0 saturated carbocycles. The molecule has 2 aromatic carbocycles. The van der Waals surface area contributed by atoms with Gasteiger partial charge in [-0.3, -0.25) is 4.72 Å². The van der Waals surface area contributed by atoms with Crippen LogP contribution < -0.4 is 4.72 Å². The van der Waals surface area contributed by atoms with E-state index in [2.05, 4.69) is 20.7 Å². The number of sulfonamides is 1. The molecule has 4 nitrogen and oxygen atoms in total. The van der Waals surface area contributed by atoms with Gasteiger partial charge in [0, 0.05) is 10.2 Å². The number of phenolic OH excluding ortho intramolecular Hbond substituents is 1. The minimum absolute atomic E-state index is 0.143. The van der Waals surface area contributed by atoms with E-state index in [1.165, 1.54) is 12.1 Å². The van der Waals surface area contributed by atoms with Crippen molar-refractivity contribution in [2.75, 3.05) is 4.72 Å². The lowest BCUT2D eigenvalue weighted by molar-refractivity contribution is 0.459. The Morgan fingerprint density at radius 3 is 2.47 bits per heavy atom. The monoisotopic (exact) mass is 341 g/mol. The Hall–Kier alpha value is -1.53. The van der Waals surface area contributed by atoms with E-state index in [1.807, 2.05) is 6.92 Å². The molecule has 0 aliphatic rings. The summed E-state index contributed by atoms with van der Waals surface area (Å²) in [5.74, 6) is -0.274. The van der Waals surface area contributed by atoms with Gasteiger partial charge in [0.2, 0.25) is 0 Å². The van der Waals surface area contributed by atoms with Crippen molar-refractivity contribution in [1.82, 2.24) is 0 Å². The van der Waals surface area contributed by atoms with Gasteiger partial charge in [0.05, 0.1) is 0 Å². The molecule has 0 spiro atoms. The van der Waals surface area contributed by atoms with Gasteiger partial charge < -0.3 is 5.11 Å². The van der Waals surface area contributed by atoms with E-state index in [-0.39, 0.29) is 10.6 Å². The second-order valence-corrected chi connectivity index (χ2v) is 6.54. The fourth-order valence-electron chi connectivity index (χ4n) is 1.60. The smallest absolute Gasteiger partial charge is 0.265 e. The molecule has 0 bridgehead atoms. The van der Waals surface area contributed by atoms with Crippen molar-refractivity contribution in [1.29, 1.82) is 0 Å². The molecule has 0 heterocycles. The highest BCUT2D eigenvalue weighted by Crippen LogP contribution is 2.26. The normalized spacial score (nSPS) is 11.3. The number of halogens is 1. The molecular weight excluding hydrogens is 330 g/mol. The zero-order chi connectivity index (χ0) is 14.0. The first kappa shape index (κ1) is 13.9. The summed E-state index contributed by atoms with van der Waals surface area (Å²) >= 11 is 3.35. The van der Waals surface area contributed by atoms with E-state index in [4.69, 9.17) is 0 Å². The predicted molar refractivity (Wildman–Crippen MR) is 77.8 cm³/mol. The Bertz CT molecular complexity index is 714. The quantitative estimate of drug-likeness (QED) is 0.900. The van der Waals surface area contributed by atoms with Crippen molar-refractivity contribution < 1.29 is 13.5 Å². The minimum Gasteiger partial charge on any atom is -0.507 e. The maximum absolute atomic E-state index is 12.1. The van der Waals surface area contributed by atoms with Gasteiger partial charge in [-0.05, 0) is 42.8 Å². The van der Waals surface area contributed by atoms with Gasteiger partial charge in [-0.2, -0.15) is 0 Å². The summed E-state index contributed by atoms with van der Waals surface area (Å²) in [4.78, 5) is -0.143. The van der Waals surface area contributed by atoms with Crippen LogP contribution in [0.4, 0.5) is 5.69 Å². The number of aryl methyl sites for hydroxylation is 1. The maximum atomic E-state index is 12.1.